The van der Waals surface area contributed by atoms with E-state index in [1.165, 1.54) is 24.3 Å². The van der Waals surface area contributed by atoms with Gasteiger partial charge in [-0.15, -0.1) is 0 Å². The minimum atomic E-state index is -0.922. The third-order valence-corrected chi connectivity index (χ3v) is 7.35. The number of nitrogens with zero attached hydrogens (tertiary/aromatic N) is 2. The Labute approximate surface area is 229 Å². The Morgan fingerprint density at radius 3 is 2.30 bits per heavy atom. The molecule has 204 valence electrons. The van der Waals surface area contributed by atoms with Gasteiger partial charge in [0.15, 0.2) is 0 Å². The Hall–Kier alpha value is -4.50. The number of likely N-dealkylation sites (tertiary alicyclic amines) is 1. The van der Waals surface area contributed by atoms with E-state index in [2.05, 4.69) is 4.98 Å². The van der Waals surface area contributed by atoms with Crippen molar-refractivity contribution in [2.75, 3.05) is 0 Å². The maximum Gasteiger partial charge on any atom is 0.251 e. The molecule has 4 N–H and O–H groups in total. The molecule has 1 aromatic heterocycles. The van der Waals surface area contributed by atoms with Crippen LogP contribution in [0.2, 0.25) is 0 Å². The molecule has 2 heterocycles. The fourth-order valence-electron chi connectivity index (χ4n) is 5.67. The van der Waals surface area contributed by atoms with Crippen LogP contribution in [0.25, 0.3) is 11.1 Å². The lowest BCUT2D eigenvalue weighted by Crippen LogP contribution is -2.44. The summed E-state index contributed by atoms with van der Waals surface area (Å²) in [6.45, 7) is 0. The molecule has 6 nitrogen and oxygen atoms in total. The number of amides is 2. The summed E-state index contributed by atoms with van der Waals surface area (Å²) in [6.07, 6.45) is 2.77. The van der Waals surface area contributed by atoms with E-state index in [0.29, 0.717) is 35.2 Å². The normalized spacial score (nSPS) is 18.0. The number of halogens is 3. The number of hydrogen-bond donors (Lipinski definition) is 2. The highest BCUT2D eigenvalue weighted by Gasteiger charge is 2.43. The fourth-order valence-corrected chi connectivity index (χ4v) is 5.67. The van der Waals surface area contributed by atoms with E-state index in [9.17, 15) is 22.8 Å². The van der Waals surface area contributed by atoms with Crippen molar-refractivity contribution >= 4 is 11.8 Å². The molecule has 2 amide bonds. The summed E-state index contributed by atoms with van der Waals surface area (Å²) < 4.78 is 42.9. The van der Waals surface area contributed by atoms with Crippen LogP contribution in [0.15, 0.2) is 85.1 Å². The van der Waals surface area contributed by atoms with Crippen molar-refractivity contribution in [2.45, 2.75) is 37.4 Å². The van der Waals surface area contributed by atoms with Crippen molar-refractivity contribution in [2.24, 2.45) is 11.5 Å². The molecule has 0 spiro atoms. The second-order valence-corrected chi connectivity index (χ2v) is 9.86. The van der Waals surface area contributed by atoms with Gasteiger partial charge >= 0.3 is 0 Å². The molecule has 0 saturated carbocycles. The third kappa shape index (κ3) is 5.46. The van der Waals surface area contributed by atoms with Gasteiger partial charge in [0.1, 0.15) is 17.5 Å². The molecule has 1 fully saturated rings. The molecule has 5 rings (SSSR count). The van der Waals surface area contributed by atoms with Gasteiger partial charge in [0.2, 0.25) is 5.91 Å². The largest absolute Gasteiger partial charge is 0.368 e. The van der Waals surface area contributed by atoms with E-state index in [1.54, 1.807) is 18.3 Å². The lowest BCUT2D eigenvalue weighted by molar-refractivity contribution is -0.123. The second kappa shape index (κ2) is 11.3. The smallest absolute Gasteiger partial charge is 0.251 e. The molecule has 4 aromatic rings. The van der Waals surface area contributed by atoms with Crippen LogP contribution in [0, 0.1) is 17.5 Å². The number of rotatable bonds is 8. The first-order chi connectivity index (χ1) is 19.2. The molecule has 9 heteroatoms. The topological polar surface area (TPSA) is 102 Å². The molecular weight excluding hydrogens is 517 g/mol. The van der Waals surface area contributed by atoms with Gasteiger partial charge in [-0.1, -0.05) is 42.5 Å². The average molecular weight is 545 g/mol. The monoisotopic (exact) mass is 544 g/mol. The van der Waals surface area contributed by atoms with Gasteiger partial charge in [-0.2, -0.15) is 0 Å². The molecule has 2 unspecified atom stereocenters. The van der Waals surface area contributed by atoms with Crippen molar-refractivity contribution < 1.29 is 22.8 Å². The molecule has 0 aliphatic carbocycles. The summed E-state index contributed by atoms with van der Waals surface area (Å²) in [5, 5.41) is 0. The SMILES string of the molecule is NC(=O)c1cc(-c2cccnc2[C@H](Cc2cc(F)cc(F)c2)N2C(C(N)=O)CCC2c2ccccc2)ccc1F. The van der Waals surface area contributed by atoms with Gasteiger partial charge in [0, 0.05) is 23.9 Å². The summed E-state index contributed by atoms with van der Waals surface area (Å²) in [5.41, 5.74) is 13.8. The first-order valence-corrected chi connectivity index (χ1v) is 12.8. The van der Waals surface area contributed by atoms with Crippen LogP contribution < -0.4 is 11.5 Å². The molecule has 0 bridgehead atoms. The average Bonchev–Trinajstić information content (AvgIpc) is 3.37. The highest BCUT2D eigenvalue weighted by Crippen LogP contribution is 2.45. The number of nitrogens with two attached hydrogens (primary N) is 2. The molecule has 0 radical (unpaired) electrons. The van der Waals surface area contributed by atoms with E-state index >= 15 is 0 Å². The van der Waals surface area contributed by atoms with Gasteiger partial charge in [0.25, 0.3) is 5.91 Å². The first kappa shape index (κ1) is 27.1. The zero-order chi connectivity index (χ0) is 28.4. The van der Waals surface area contributed by atoms with Crippen molar-refractivity contribution in [1.29, 1.82) is 0 Å². The Kier molecular flexibility index (Phi) is 7.66. The standard InChI is InChI=1S/C31H27F3N4O2/c32-21-13-18(14-22(33)17-21)15-28(38-26(10-11-27(38)31(36)40)19-5-2-1-3-6-19)29-23(7-4-12-37-29)20-8-9-25(34)24(16-20)30(35)39/h1-9,12-14,16-17,26-28H,10-11,15H2,(H2,35,39)(H2,36,40)/t26?,27?,28-/m0/s1. The highest BCUT2D eigenvalue weighted by molar-refractivity contribution is 5.94. The van der Waals surface area contributed by atoms with Gasteiger partial charge in [-0.05, 0) is 66.3 Å². The van der Waals surface area contributed by atoms with Gasteiger partial charge in [-0.3, -0.25) is 19.5 Å². The Morgan fingerprint density at radius 2 is 1.62 bits per heavy atom. The maximum absolute atomic E-state index is 14.3. The minimum Gasteiger partial charge on any atom is -0.368 e. The second-order valence-electron chi connectivity index (χ2n) is 9.86. The van der Waals surface area contributed by atoms with Crippen molar-refractivity contribution in [1.82, 2.24) is 9.88 Å². The number of hydrogen-bond acceptors (Lipinski definition) is 4. The van der Waals surface area contributed by atoms with Gasteiger partial charge in [-0.25, -0.2) is 13.2 Å². The van der Waals surface area contributed by atoms with Crippen LogP contribution in [-0.2, 0) is 11.2 Å². The number of aromatic nitrogens is 1. The molecule has 1 aliphatic heterocycles. The van der Waals surface area contributed by atoms with Crippen LogP contribution in [0.4, 0.5) is 13.2 Å². The predicted octanol–water partition coefficient (Wildman–Crippen LogP) is 5.24. The molecular formula is C31H27F3N4O2. The van der Waals surface area contributed by atoms with E-state index in [4.69, 9.17) is 11.5 Å². The van der Waals surface area contributed by atoms with Crippen LogP contribution in [-0.4, -0.2) is 27.7 Å². The Bertz CT molecular complexity index is 1540. The summed E-state index contributed by atoms with van der Waals surface area (Å²) in [6, 6.07) is 18.7. The van der Waals surface area contributed by atoms with Crippen LogP contribution >= 0.6 is 0 Å². The van der Waals surface area contributed by atoms with E-state index in [1.807, 2.05) is 35.2 Å². The summed E-state index contributed by atoms with van der Waals surface area (Å²) >= 11 is 0. The number of carbonyl (C=O) groups excluding carboxylic acids is 2. The Balaban J connectivity index is 1.71. The zero-order valence-electron chi connectivity index (χ0n) is 21.4. The summed E-state index contributed by atoms with van der Waals surface area (Å²) in [5.74, 6) is -3.66. The molecule has 1 aliphatic rings. The summed E-state index contributed by atoms with van der Waals surface area (Å²) in [4.78, 5) is 31.3. The van der Waals surface area contributed by atoms with Crippen LogP contribution in [0.1, 0.15) is 52.1 Å². The lowest BCUT2D eigenvalue weighted by atomic mass is 9.92. The van der Waals surface area contributed by atoms with Gasteiger partial charge < -0.3 is 11.5 Å². The predicted molar refractivity (Wildman–Crippen MR) is 144 cm³/mol. The van der Waals surface area contributed by atoms with Crippen molar-refractivity contribution in [3.05, 3.63) is 125 Å². The zero-order valence-corrected chi connectivity index (χ0v) is 21.4. The lowest BCUT2D eigenvalue weighted by Gasteiger charge is -2.37. The number of primary amides is 2. The van der Waals surface area contributed by atoms with Crippen LogP contribution in [0.5, 0.6) is 0 Å². The van der Waals surface area contributed by atoms with Gasteiger partial charge in [0.05, 0.1) is 23.3 Å². The minimum absolute atomic E-state index is 0.0929. The fraction of sp³-hybridized carbons (Fsp3) is 0.194. The molecule has 3 aromatic carbocycles. The van der Waals surface area contributed by atoms with Crippen molar-refractivity contribution in [3.8, 4) is 11.1 Å². The first-order valence-electron chi connectivity index (χ1n) is 12.8. The van der Waals surface area contributed by atoms with E-state index in [-0.39, 0.29) is 18.0 Å². The number of carbonyl (C=O) groups is 2. The molecule has 1 saturated heterocycles. The number of pyridine rings is 1. The highest BCUT2D eigenvalue weighted by atomic mass is 19.1. The summed E-state index contributed by atoms with van der Waals surface area (Å²) in [7, 11) is 0. The van der Waals surface area contributed by atoms with Crippen LogP contribution in [0.3, 0.4) is 0 Å². The number of benzene rings is 3. The molecule has 3 atom stereocenters. The maximum atomic E-state index is 14.3. The van der Waals surface area contributed by atoms with E-state index in [0.717, 1.165) is 17.7 Å². The third-order valence-electron chi connectivity index (χ3n) is 7.35. The van der Waals surface area contributed by atoms with E-state index < -0.39 is 41.3 Å². The van der Waals surface area contributed by atoms with Crippen molar-refractivity contribution in [3.63, 3.8) is 0 Å². The molecule has 40 heavy (non-hydrogen) atoms. The quantitative estimate of drug-likeness (QED) is 0.317. The Morgan fingerprint density at radius 1 is 0.900 bits per heavy atom.